The monoisotopic (exact) mass is 414 g/mol. The summed E-state index contributed by atoms with van der Waals surface area (Å²) in [5.41, 5.74) is 2.48. The third-order valence-corrected chi connectivity index (χ3v) is 3.11. The normalized spacial score (nSPS) is 8.64. The third kappa shape index (κ3) is 11.6. The molecule has 0 aromatic heterocycles. The molecule has 0 atom stereocenters. The van der Waals surface area contributed by atoms with Crippen molar-refractivity contribution < 1.29 is 38.9 Å². The molecule has 0 heterocycles. The van der Waals surface area contributed by atoms with Crippen molar-refractivity contribution in [2.75, 3.05) is 0 Å². The van der Waals surface area contributed by atoms with Gasteiger partial charge in [-0.15, -0.1) is 11.1 Å². The van der Waals surface area contributed by atoms with Crippen LogP contribution in [-0.2, 0) is 52.1 Å². The van der Waals surface area contributed by atoms with Crippen molar-refractivity contribution in [3.8, 4) is 0 Å². The molecule has 3 heteroatoms. The predicted octanol–water partition coefficient (Wildman–Crippen LogP) is 5.65. The van der Waals surface area contributed by atoms with E-state index in [4.69, 9.17) is 4.74 Å². The minimum Gasteiger partial charge on any atom is -0.748 e. The first-order chi connectivity index (χ1) is 11.4. The van der Waals surface area contributed by atoms with E-state index in [-0.39, 0.29) is 34.1 Å². The van der Waals surface area contributed by atoms with E-state index < -0.39 is 0 Å². The van der Waals surface area contributed by atoms with Crippen molar-refractivity contribution in [3.05, 3.63) is 120 Å². The second-order valence-corrected chi connectivity index (χ2v) is 5.00. The van der Waals surface area contributed by atoms with Crippen LogP contribution >= 0.6 is 0 Å². The van der Waals surface area contributed by atoms with Crippen molar-refractivity contribution >= 4 is 0 Å². The van der Waals surface area contributed by atoms with Gasteiger partial charge in [-0.3, -0.25) is 0 Å². The topological polar surface area (TPSA) is 9.23 Å². The Balaban J connectivity index is 0.000000400. The maximum Gasteiger partial charge on any atom is 0.0263 e. The van der Waals surface area contributed by atoms with Gasteiger partial charge in [0.2, 0.25) is 0 Å². The first-order valence-corrected chi connectivity index (χ1v) is 7.77. The molecule has 0 spiro atoms. The number of rotatable bonds is 4. The molecule has 0 aliphatic heterocycles. The smallest absolute Gasteiger partial charge is 0.0263 e. The Kier molecular flexibility index (Phi) is 14.9. The van der Waals surface area contributed by atoms with Crippen LogP contribution in [0.1, 0.15) is 11.1 Å². The van der Waals surface area contributed by atoms with Crippen LogP contribution in [0.5, 0.6) is 0 Å². The maximum atomic E-state index is 5.52. The fourth-order valence-electron chi connectivity index (χ4n) is 1.95. The van der Waals surface area contributed by atoms with Crippen molar-refractivity contribution in [1.29, 1.82) is 0 Å². The van der Waals surface area contributed by atoms with E-state index in [9.17, 15) is 0 Å². The SMILES string of the molecule is [Fe].[Fe].[cH-]1[cH-][cH-][cH-][cH-]1.c1cc[c-](COC[c-]2cccc2)c1.c1cc[cH-]c1. The van der Waals surface area contributed by atoms with Gasteiger partial charge in [-0.2, -0.15) is 42.5 Å². The molecule has 0 N–H and O–H groups in total. The van der Waals surface area contributed by atoms with E-state index in [0.29, 0.717) is 13.2 Å². The second kappa shape index (κ2) is 15.9. The Morgan fingerprint density at radius 2 is 0.920 bits per heavy atom. The van der Waals surface area contributed by atoms with Gasteiger partial charge in [0.1, 0.15) is 0 Å². The standard InChI is InChI=1S/C12H12O.2C5H5.2Fe/c1-2-6-11(5-1)9-13-10-12-7-3-4-8-12;2*1-2-4-5-3-1;;/h1-8H,9-10H2;2*1-5H;;/q-2;-5;-1;;. The van der Waals surface area contributed by atoms with Crippen LogP contribution < -0.4 is 0 Å². The summed E-state index contributed by atoms with van der Waals surface area (Å²) in [7, 11) is 0. The number of hydrogen-bond acceptors (Lipinski definition) is 1. The first-order valence-electron chi connectivity index (χ1n) is 7.77. The Bertz CT molecular complexity index is 553. The van der Waals surface area contributed by atoms with Crippen LogP contribution in [0.2, 0.25) is 0 Å². The van der Waals surface area contributed by atoms with E-state index in [1.807, 2.05) is 84.9 Å². The summed E-state index contributed by atoms with van der Waals surface area (Å²) in [4.78, 5) is 0. The van der Waals surface area contributed by atoms with Crippen LogP contribution in [0.3, 0.4) is 0 Å². The Morgan fingerprint density at radius 1 is 0.560 bits per heavy atom. The Morgan fingerprint density at radius 3 is 1.20 bits per heavy atom. The molecular formula is C22H22Fe2O-8. The van der Waals surface area contributed by atoms with Gasteiger partial charge in [-0.25, -0.2) is 36.4 Å². The van der Waals surface area contributed by atoms with Crippen molar-refractivity contribution in [1.82, 2.24) is 0 Å². The van der Waals surface area contributed by atoms with E-state index in [2.05, 4.69) is 24.3 Å². The Labute approximate surface area is 172 Å². The largest absolute Gasteiger partial charge is 0.748 e. The third-order valence-electron chi connectivity index (χ3n) is 3.11. The van der Waals surface area contributed by atoms with Gasteiger partial charge in [-0.05, 0) is 0 Å². The van der Waals surface area contributed by atoms with Gasteiger partial charge in [0.05, 0.1) is 0 Å². The van der Waals surface area contributed by atoms with Gasteiger partial charge < -0.3 is 35.1 Å². The summed E-state index contributed by atoms with van der Waals surface area (Å²) in [5.74, 6) is 0. The molecule has 0 amide bonds. The van der Waals surface area contributed by atoms with E-state index >= 15 is 0 Å². The van der Waals surface area contributed by atoms with E-state index in [1.54, 1.807) is 0 Å². The first kappa shape index (κ1) is 23.4. The molecule has 140 valence electrons. The summed E-state index contributed by atoms with van der Waals surface area (Å²) in [6.07, 6.45) is 0. The summed E-state index contributed by atoms with van der Waals surface area (Å²) < 4.78 is 5.52. The fraction of sp³-hybridized carbons (Fsp3) is 0.0909. The van der Waals surface area contributed by atoms with Crippen molar-refractivity contribution in [3.63, 3.8) is 0 Å². The average molecular weight is 414 g/mol. The molecule has 0 unspecified atom stereocenters. The van der Waals surface area contributed by atoms with Crippen LogP contribution in [-0.4, -0.2) is 0 Å². The molecule has 4 rings (SSSR count). The molecule has 0 aliphatic carbocycles. The molecule has 4 aromatic rings. The van der Waals surface area contributed by atoms with Crippen molar-refractivity contribution in [2.24, 2.45) is 0 Å². The Hall–Kier alpha value is -1.60. The summed E-state index contributed by atoms with van der Waals surface area (Å²) in [6, 6.07) is 36.4. The zero-order chi connectivity index (χ0) is 16.0. The van der Waals surface area contributed by atoms with Crippen LogP contribution in [0.4, 0.5) is 0 Å². The molecule has 0 saturated carbocycles. The predicted molar refractivity (Wildman–Crippen MR) is 96.6 cm³/mol. The fourth-order valence-corrected chi connectivity index (χ4v) is 1.95. The second-order valence-electron chi connectivity index (χ2n) is 5.00. The van der Waals surface area contributed by atoms with Gasteiger partial charge in [0, 0.05) is 47.4 Å². The molecule has 25 heavy (non-hydrogen) atoms. The molecule has 0 fully saturated rings. The molecule has 4 aromatic carbocycles. The van der Waals surface area contributed by atoms with Crippen LogP contribution in [0.15, 0.2) is 109 Å². The van der Waals surface area contributed by atoms with Gasteiger partial charge in [0.15, 0.2) is 0 Å². The van der Waals surface area contributed by atoms with E-state index in [0.717, 1.165) is 0 Å². The van der Waals surface area contributed by atoms with Gasteiger partial charge >= 0.3 is 0 Å². The summed E-state index contributed by atoms with van der Waals surface area (Å²) in [5, 5.41) is 0. The quantitative estimate of drug-likeness (QED) is 0.310. The summed E-state index contributed by atoms with van der Waals surface area (Å²) in [6.45, 7) is 1.41. The average Bonchev–Trinajstić information content (AvgIpc) is 3.39. The number of ether oxygens (including phenoxy) is 1. The molecular weight excluding hydrogens is 392 g/mol. The zero-order valence-corrected chi connectivity index (χ0v) is 16.1. The van der Waals surface area contributed by atoms with E-state index in [1.165, 1.54) is 11.1 Å². The summed E-state index contributed by atoms with van der Waals surface area (Å²) >= 11 is 0. The molecule has 0 radical (unpaired) electrons. The maximum absolute atomic E-state index is 5.52. The minimum atomic E-state index is 0. The van der Waals surface area contributed by atoms with Crippen molar-refractivity contribution in [2.45, 2.75) is 13.2 Å². The zero-order valence-electron chi connectivity index (χ0n) is 13.9. The minimum absolute atomic E-state index is 0. The molecule has 0 bridgehead atoms. The van der Waals surface area contributed by atoms with Gasteiger partial charge in [0.25, 0.3) is 0 Å². The molecule has 0 aliphatic rings. The number of hydrogen-bond donors (Lipinski definition) is 0. The van der Waals surface area contributed by atoms with Crippen LogP contribution in [0, 0.1) is 0 Å². The van der Waals surface area contributed by atoms with Crippen LogP contribution in [0.25, 0.3) is 0 Å². The molecule has 0 saturated heterocycles. The van der Waals surface area contributed by atoms with Gasteiger partial charge in [-0.1, -0.05) is 0 Å². The molecule has 1 nitrogen and oxygen atoms in total.